The van der Waals surface area contributed by atoms with E-state index >= 15 is 0 Å². The van der Waals surface area contributed by atoms with E-state index in [4.69, 9.17) is 14.2 Å². The van der Waals surface area contributed by atoms with Crippen molar-refractivity contribution in [2.45, 2.75) is 51.5 Å². The zero-order valence-corrected chi connectivity index (χ0v) is 23.6. The molecule has 5 heterocycles. The van der Waals surface area contributed by atoms with E-state index in [9.17, 15) is 18.4 Å². The number of piperidine rings is 1. The molecular formula is C30H31F2N5O5. The van der Waals surface area contributed by atoms with E-state index in [0.29, 0.717) is 19.0 Å². The van der Waals surface area contributed by atoms with Crippen LogP contribution in [0.25, 0.3) is 11.3 Å². The number of halogens is 2. The van der Waals surface area contributed by atoms with Gasteiger partial charge in [0.2, 0.25) is 0 Å². The number of carbonyl (C=O) groups excluding carboxylic acids is 2. The Balaban J connectivity index is 1.29. The maximum Gasteiger partial charge on any atom is 0.417 e. The topological polar surface area (TPSA) is 106 Å². The first-order chi connectivity index (χ1) is 20.0. The third-order valence-corrected chi connectivity index (χ3v) is 7.41. The Kier molecular flexibility index (Phi) is 7.06. The van der Waals surface area contributed by atoms with Crippen molar-refractivity contribution in [3.63, 3.8) is 0 Å². The van der Waals surface area contributed by atoms with Crippen molar-refractivity contribution in [1.29, 1.82) is 0 Å². The summed E-state index contributed by atoms with van der Waals surface area (Å²) in [6.07, 6.45) is 2.38. The fourth-order valence-corrected chi connectivity index (χ4v) is 5.42. The van der Waals surface area contributed by atoms with Gasteiger partial charge in [-0.3, -0.25) is 4.79 Å². The summed E-state index contributed by atoms with van der Waals surface area (Å²) in [6.45, 7) is 7.59. The van der Waals surface area contributed by atoms with Crippen LogP contribution in [-0.4, -0.2) is 64.6 Å². The predicted molar refractivity (Wildman–Crippen MR) is 149 cm³/mol. The minimum Gasteiger partial charge on any atom is -0.443 e. The number of carbonyl (C=O) groups is 2. The highest BCUT2D eigenvalue weighted by Crippen LogP contribution is 2.37. The number of nitrogens with zero attached hydrogens (tertiary/aromatic N) is 4. The van der Waals surface area contributed by atoms with Crippen LogP contribution in [0.15, 0.2) is 42.6 Å². The average Bonchev–Trinajstić information content (AvgIpc) is 3.53. The molecule has 0 radical (unpaired) electrons. The maximum atomic E-state index is 14.7. The highest BCUT2D eigenvalue weighted by molar-refractivity contribution is 6.10. The molecular weight excluding hydrogens is 548 g/mol. The second-order valence-electron chi connectivity index (χ2n) is 11.5. The highest BCUT2D eigenvalue weighted by Gasteiger charge is 2.40. The van der Waals surface area contributed by atoms with Crippen LogP contribution in [0.5, 0.6) is 0 Å². The van der Waals surface area contributed by atoms with E-state index in [-0.39, 0.29) is 34.7 Å². The molecule has 12 heteroatoms. The molecule has 3 aliphatic heterocycles. The van der Waals surface area contributed by atoms with Gasteiger partial charge in [0.05, 0.1) is 59.8 Å². The van der Waals surface area contributed by atoms with Gasteiger partial charge in [0.25, 0.3) is 5.91 Å². The average molecular weight is 580 g/mol. The molecule has 1 aromatic carbocycles. The number of rotatable bonds is 4. The monoisotopic (exact) mass is 579 g/mol. The van der Waals surface area contributed by atoms with Crippen LogP contribution in [0.2, 0.25) is 0 Å². The number of nitrogens with one attached hydrogen (secondary N) is 1. The van der Waals surface area contributed by atoms with Crippen molar-refractivity contribution >= 4 is 29.2 Å². The highest BCUT2D eigenvalue weighted by atomic mass is 19.1. The molecule has 6 rings (SSSR count). The van der Waals surface area contributed by atoms with Gasteiger partial charge in [-0.1, -0.05) is 6.07 Å². The molecule has 2 fully saturated rings. The molecule has 3 aromatic rings. The van der Waals surface area contributed by atoms with E-state index in [1.165, 1.54) is 12.1 Å². The smallest absolute Gasteiger partial charge is 0.417 e. The summed E-state index contributed by atoms with van der Waals surface area (Å²) in [4.78, 5) is 38.3. The number of anilines is 3. The number of hydrogen-bond acceptors (Lipinski definition) is 9. The standard InChI is InChI=1S/C30H31F2N5O5/c1-29(2,3)42-28(39)37-17-23-26(27(37)38)22(15-21(34-23)25-19(31)5-4-6-20(25)32)35-24-8-7-18(16-33-24)36-11-9-30(10-12-36)40-13-14-41-30/h4-8,15-16H,9-14,17H2,1-3H3,(H,33,34,35). The zero-order valence-electron chi connectivity index (χ0n) is 23.6. The number of fused-ring (bicyclic) bond motifs is 1. The van der Waals surface area contributed by atoms with Crippen LogP contribution in [0.4, 0.5) is 30.8 Å². The lowest BCUT2D eigenvalue weighted by Gasteiger charge is -2.38. The summed E-state index contributed by atoms with van der Waals surface area (Å²) in [6, 6.07) is 8.56. The van der Waals surface area contributed by atoms with Crippen molar-refractivity contribution in [2.24, 2.45) is 0 Å². The lowest BCUT2D eigenvalue weighted by molar-refractivity contribution is -0.169. The normalized spacial score (nSPS) is 18.0. The van der Waals surface area contributed by atoms with Crippen molar-refractivity contribution in [2.75, 3.05) is 36.5 Å². The predicted octanol–water partition coefficient (Wildman–Crippen LogP) is 5.40. The number of hydrogen-bond donors (Lipinski definition) is 1. The van der Waals surface area contributed by atoms with Gasteiger partial charge < -0.3 is 24.4 Å². The number of imide groups is 1. The molecule has 2 aromatic heterocycles. The first kappa shape index (κ1) is 28.0. The van der Waals surface area contributed by atoms with E-state index < -0.39 is 35.0 Å². The van der Waals surface area contributed by atoms with Crippen LogP contribution in [0.1, 0.15) is 49.7 Å². The maximum absolute atomic E-state index is 14.7. The molecule has 0 aliphatic carbocycles. The van der Waals surface area contributed by atoms with Gasteiger partial charge in [-0.05, 0) is 51.1 Å². The molecule has 0 atom stereocenters. The van der Waals surface area contributed by atoms with Crippen molar-refractivity contribution in [3.05, 3.63) is 65.5 Å². The Morgan fingerprint density at radius 2 is 1.74 bits per heavy atom. The quantitative estimate of drug-likeness (QED) is 0.435. The minimum atomic E-state index is -0.839. The van der Waals surface area contributed by atoms with E-state index in [2.05, 4.69) is 20.2 Å². The molecule has 2 amide bonds. The zero-order chi connectivity index (χ0) is 29.6. The first-order valence-electron chi connectivity index (χ1n) is 13.8. The fourth-order valence-electron chi connectivity index (χ4n) is 5.42. The largest absolute Gasteiger partial charge is 0.443 e. The van der Waals surface area contributed by atoms with Crippen LogP contribution < -0.4 is 10.2 Å². The third kappa shape index (κ3) is 5.39. The Morgan fingerprint density at radius 3 is 2.36 bits per heavy atom. The second-order valence-corrected chi connectivity index (χ2v) is 11.5. The molecule has 1 spiro atoms. The molecule has 0 saturated carbocycles. The van der Waals surface area contributed by atoms with Crippen molar-refractivity contribution in [3.8, 4) is 11.3 Å². The van der Waals surface area contributed by atoms with Crippen LogP contribution in [0.3, 0.4) is 0 Å². The Morgan fingerprint density at radius 1 is 1.05 bits per heavy atom. The number of ether oxygens (including phenoxy) is 3. The second kappa shape index (κ2) is 10.6. The minimum absolute atomic E-state index is 0.0269. The number of benzene rings is 1. The Labute approximate surface area is 241 Å². The number of amides is 2. The lowest BCUT2D eigenvalue weighted by Crippen LogP contribution is -2.45. The van der Waals surface area contributed by atoms with Gasteiger partial charge in [0, 0.05) is 25.9 Å². The molecule has 220 valence electrons. The van der Waals surface area contributed by atoms with Gasteiger partial charge >= 0.3 is 6.09 Å². The first-order valence-corrected chi connectivity index (χ1v) is 13.8. The van der Waals surface area contributed by atoms with Gasteiger partial charge in [-0.25, -0.2) is 28.4 Å². The Bertz CT molecular complexity index is 1510. The van der Waals surface area contributed by atoms with Crippen molar-refractivity contribution < 1.29 is 32.6 Å². The molecule has 0 bridgehead atoms. The van der Waals surface area contributed by atoms with E-state index in [1.54, 1.807) is 33.0 Å². The van der Waals surface area contributed by atoms with E-state index in [0.717, 1.165) is 48.7 Å². The van der Waals surface area contributed by atoms with Gasteiger partial charge in [0.15, 0.2) is 5.79 Å². The fraction of sp³-hybridized carbons (Fsp3) is 0.400. The summed E-state index contributed by atoms with van der Waals surface area (Å²) in [5.74, 6) is -2.33. The third-order valence-electron chi connectivity index (χ3n) is 7.41. The summed E-state index contributed by atoms with van der Waals surface area (Å²) < 4.78 is 46.5. The molecule has 42 heavy (non-hydrogen) atoms. The van der Waals surface area contributed by atoms with E-state index in [1.807, 2.05) is 6.07 Å². The SMILES string of the molecule is CC(C)(C)OC(=O)N1Cc2nc(-c3c(F)cccc3F)cc(Nc3ccc(N4CCC5(CC4)OCCO5)cn3)c2C1=O. The number of pyridine rings is 2. The molecule has 2 saturated heterocycles. The summed E-state index contributed by atoms with van der Waals surface area (Å²) in [7, 11) is 0. The summed E-state index contributed by atoms with van der Waals surface area (Å²) >= 11 is 0. The lowest BCUT2D eigenvalue weighted by atomic mass is 10.0. The summed E-state index contributed by atoms with van der Waals surface area (Å²) in [5, 5.41) is 3.11. The molecule has 10 nitrogen and oxygen atoms in total. The Hall–Kier alpha value is -4.16. The van der Waals surface area contributed by atoms with Crippen molar-refractivity contribution in [1.82, 2.24) is 14.9 Å². The van der Waals surface area contributed by atoms with Crippen LogP contribution in [0, 0.1) is 11.6 Å². The number of aromatic nitrogens is 2. The van der Waals surface area contributed by atoms with Gasteiger partial charge in [-0.2, -0.15) is 0 Å². The van der Waals surface area contributed by atoms with Crippen LogP contribution >= 0.6 is 0 Å². The van der Waals surface area contributed by atoms with Gasteiger partial charge in [0.1, 0.15) is 23.1 Å². The molecule has 0 unspecified atom stereocenters. The molecule has 1 N–H and O–H groups in total. The van der Waals surface area contributed by atoms with Crippen LogP contribution in [-0.2, 0) is 20.8 Å². The van der Waals surface area contributed by atoms with Gasteiger partial charge in [-0.15, -0.1) is 0 Å². The molecule has 3 aliphatic rings. The summed E-state index contributed by atoms with van der Waals surface area (Å²) in [5.41, 5.74) is 0.210.